The number of nitrogens with zero attached hydrogens (tertiary/aromatic N) is 1. The number of hydrogen-bond acceptors (Lipinski definition) is 4. The van der Waals surface area contributed by atoms with Crippen molar-refractivity contribution in [2.45, 2.75) is 43.1 Å². The van der Waals surface area contributed by atoms with Gasteiger partial charge in [-0.15, -0.1) is 0 Å². The van der Waals surface area contributed by atoms with E-state index in [1.165, 1.54) is 24.2 Å². The quantitative estimate of drug-likeness (QED) is 0.634. The van der Waals surface area contributed by atoms with Gasteiger partial charge in [-0.25, -0.2) is 8.42 Å². The van der Waals surface area contributed by atoms with Crippen molar-refractivity contribution in [3.63, 3.8) is 0 Å². The Hall–Kier alpha value is -2.38. The van der Waals surface area contributed by atoms with Gasteiger partial charge in [-0.2, -0.15) is 0 Å². The van der Waals surface area contributed by atoms with E-state index < -0.39 is 10.0 Å². The van der Waals surface area contributed by atoms with E-state index in [9.17, 15) is 13.2 Å². The molecule has 1 N–H and O–H groups in total. The van der Waals surface area contributed by atoms with Gasteiger partial charge in [0.25, 0.3) is 15.9 Å². The van der Waals surface area contributed by atoms with Crippen LogP contribution in [0.2, 0.25) is 0 Å². The molecule has 1 amide bonds. The molecule has 2 aromatic carbocycles. The van der Waals surface area contributed by atoms with Crippen LogP contribution in [-0.4, -0.2) is 40.6 Å². The van der Waals surface area contributed by atoms with Gasteiger partial charge in [0, 0.05) is 25.8 Å². The number of ether oxygens (including phenoxy) is 1. The SMILES string of the molecule is CN(c1cccc(C(=O)NCCCOC2CCCC2)c1)S(=O)(=O)c1ccccc1. The second kappa shape index (κ2) is 9.89. The molecule has 0 atom stereocenters. The first-order valence-corrected chi connectivity index (χ1v) is 11.5. The molecule has 29 heavy (non-hydrogen) atoms. The maximum Gasteiger partial charge on any atom is 0.264 e. The molecule has 1 fully saturated rings. The lowest BCUT2D eigenvalue weighted by molar-refractivity contribution is 0.0565. The summed E-state index contributed by atoms with van der Waals surface area (Å²) in [7, 11) is -2.20. The predicted octanol–water partition coefficient (Wildman–Crippen LogP) is 3.59. The van der Waals surface area contributed by atoms with Crippen molar-refractivity contribution < 1.29 is 17.9 Å². The van der Waals surface area contributed by atoms with Gasteiger partial charge >= 0.3 is 0 Å². The van der Waals surface area contributed by atoms with Crippen LogP contribution < -0.4 is 9.62 Å². The summed E-state index contributed by atoms with van der Waals surface area (Å²) in [4.78, 5) is 12.6. The molecule has 0 unspecified atom stereocenters. The van der Waals surface area contributed by atoms with E-state index in [-0.39, 0.29) is 10.8 Å². The highest BCUT2D eigenvalue weighted by atomic mass is 32.2. The summed E-state index contributed by atoms with van der Waals surface area (Å²) < 4.78 is 32.5. The van der Waals surface area contributed by atoms with Gasteiger partial charge < -0.3 is 10.1 Å². The van der Waals surface area contributed by atoms with E-state index in [4.69, 9.17) is 4.74 Å². The van der Waals surface area contributed by atoms with Gasteiger partial charge in [-0.3, -0.25) is 9.10 Å². The van der Waals surface area contributed by atoms with Crippen LogP contribution in [0.4, 0.5) is 5.69 Å². The smallest absolute Gasteiger partial charge is 0.264 e. The van der Waals surface area contributed by atoms with E-state index in [0.717, 1.165) is 19.3 Å². The van der Waals surface area contributed by atoms with Crippen molar-refractivity contribution in [1.82, 2.24) is 5.32 Å². The number of hydrogen-bond donors (Lipinski definition) is 1. The Morgan fingerprint density at radius 2 is 1.83 bits per heavy atom. The molecule has 0 heterocycles. The number of rotatable bonds is 9. The van der Waals surface area contributed by atoms with Gasteiger partial charge in [0.15, 0.2) is 0 Å². The molecule has 0 aromatic heterocycles. The van der Waals surface area contributed by atoms with E-state index in [1.54, 1.807) is 54.6 Å². The maximum atomic E-state index is 12.8. The number of carbonyl (C=O) groups excluding carboxylic acids is 1. The Bertz CT molecular complexity index is 909. The average Bonchev–Trinajstić information content (AvgIpc) is 3.27. The molecule has 156 valence electrons. The minimum absolute atomic E-state index is 0.208. The Labute approximate surface area is 172 Å². The largest absolute Gasteiger partial charge is 0.378 e. The van der Waals surface area contributed by atoms with Crippen LogP contribution in [0.3, 0.4) is 0 Å². The Morgan fingerprint density at radius 1 is 1.10 bits per heavy atom. The summed E-state index contributed by atoms with van der Waals surface area (Å²) in [5.41, 5.74) is 0.861. The van der Waals surface area contributed by atoms with Crippen molar-refractivity contribution in [2.24, 2.45) is 0 Å². The molecule has 0 radical (unpaired) electrons. The molecule has 7 heteroatoms. The number of benzene rings is 2. The molecular formula is C22H28N2O4S. The van der Waals surface area contributed by atoms with E-state index >= 15 is 0 Å². The van der Waals surface area contributed by atoms with Gasteiger partial charge in [0.1, 0.15) is 0 Å². The van der Waals surface area contributed by atoms with Gasteiger partial charge in [-0.05, 0) is 49.6 Å². The van der Waals surface area contributed by atoms with Crippen molar-refractivity contribution in [3.05, 3.63) is 60.2 Å². The van der Waals surface area contributed by atoms with E-state index in [1.807, 2.05) is 0 Å². The van der Waals surface area contributed by atoms with E-state index in [2.05, 4.69) is 5.32 Å². The van der Waals surface area contributed by atoms with Crippen LogP contribution in [0, 0.1) is 0 Å². The third-order valence-electron chi connectivity index (χ3n) is 5.14. The third kappa shape index (κ3) is 5.58. The van der Waals surface area contributed by atoms with Gasteiger partial charge in [0.05, 0.1) is 16.7 Å². The lowest BCUT2D eigenvalue weighted by Gasteiger charge is -2.20. The molecule has 0 saturated heterocycles. The lowest BCUT2D eigenvalue weighted by atomic mass is 10.2. The summed E-state index contributed by atoms with van der Waals surface area (Å²) in [5, 5.41) is 2.87. The van der Waals surface area contributed by atoms with Gasteiger partial charge in [-0.1, -0.05) is 37.1 Å². The lowest BCUT2D eigenvalue weighted by Crippen LogP contribution is -2.28. The zero-order chi connectivity index (χ0) is 20.7. The molecule has 3 rings (SSSR count). The minimum atomic E-state index is -3.68. The molecule has 1 aliphatic carbocycles. The van der Waals surface area contributed by atoms with Crippen LogP contribution in [0.25, 0.3) is 0 Å². The van der Waals surface area contributed by atoms with Crippen LogP contribution in [-0.2, 0) is 14.8 Å². The molecule has 6 nitrogen and oxygen atoms in total. The second-order valence-corrected chi connectivity index (χ2v) is 9.19. The van der Waals surface area contributed by atoms with Crippen LogP contribution in [0.1, 0.15) is 42.5 Å². The first kappa shape index (κ1) is 21.3. The van der Waals surface area contributed by atoms with Crippen molar-refractivity contribution >= 4 is 21.6 Å². The Morgan fingerprint density at radius 3 is 2.55 bits per heavy atom. The fraction of sp³-hybridized carbons (Fsp3) is 0.409. The molecule has 1 saturated carbocycles. The molecular weight excluding hydrogens is 388 g/mol. The van der Waals surface area contributed by atoms with Crippen LogP contribution in [0.5, 0.6) is 0 Å². The number of sulfonamides is 1. The van der Waals surface area contributed by atoms with Crippen LogP contribution in [0.15, 0.2) is 59.5 Å². The van der Waals surface area contributed by atoms with E-state index in [0.29, 0.717) is 30.5 Å². The molecule has 0 bridgehead atoms. The highest BCUT2D eigenvalue weighted by Crippen LogP contribution is 2.23. The number of nitrogens with one attached hydrogen (secondary N) is 1. The zero-order valence-corrected chi connectivity index (χ0v) is 17.5. The number of carbonyl (C=O) groups is 1. The Kier molecular flexibility index (Phi) is 7.28. The molecule has 0 spiro atoms. The topological polar surface area (TPSA) is 75.7 Å². The van der Waals surface area contributed by atoms with Crippen molar-refractivity contribution in [2.75, 3.05) is 24.5 Å². The predicted molar refractivity (Wildman–Crippen MR) is 114 cm³/mol. The Balaban J connectivity index is 1.56. The normalized spacial score (nSPS) is 14.7. The minimum Gasteiger partial charge on any atom is -0.378 e. The third-order valence-corrected chi connectivity index (χ3v) is 6.94. The van der Waals surface area contributed by atoms with Crippen LogP contribution >= 0.6 is 0 Å². The van der Waals surface area contributed by atoms with Gasteiger partial charge in [0.2, 0.25) is 0 Å². The summed E-state index contributed by atoms with van der Waals surface area (Å²) in [6, 6.07) is 14.9. The number of amides is 1. The molecule has 1 aliphatic rings. The molecule has 0 aliphatic heterocycles. The average molecular weight is 417 g/mol. The second-order valence-electron chi connectivity index (χ2n) is 7.22. The standard InChI is InChI=1S/C22H28N2O4S/c1-24(29(26,27)21-13-3-2-4-14-21)19-10-7-9-18(17-19)22(25)23-15-8-16-28-20-11-5-6-12-20/h2-4,7,9-10,13-14,17,20H,5-6,8,11-12,15-16H2,1H3,(H,23,25). The van der Waals surface area contributed by atoms with Crippen molar-refractivity contribution in [1.29, 1.82) is 0 Å². The summed E-state index contributed by atoms with van der Waals surface area (Å²) in [6.07, 6.45) is 5.89. The summed E-state index contributed by atoms with van der Waals surface area (Å²) in [5.74, 6) is -0.224. The first-order valence-electron chi connectivity index (χ1n) is 10.0. The monoisotopic (exact) mass is 416 g/mol. The fourth-order valence-corrected chi connectivity index (χ4v) is 4.62. The maximum absolute atomic E-state index is 12.8. The summed E-state index contributed by atoms with van der Waals surface area (Å²) >= 11 is 0. The highest BCUT2D eigenvalue weighted by molar-refractivity contribution is 7.92. The molecule has 2 aromatic rings. The highest BCUT2D eigenvalue weighted by Gasteiger charge is 2.21. The fourth-order valence-electron chi connectivity index (χ4n) is 3.41. The number of anilines is 1. The summed E-state index contributed by atoms with van der Waals surface area (Å²) in [6.45, 7) is 1.16. The first-order chi connectivity index (χ1) is 14.0. The van der Waals surface area contributed by atoms with Crippen molar-refractivity contribution in [3.8, 4) is 0 Å². The zero-order valence-electron chi connectivity index (χ0n) is 16.7.